The number of hydrogen-bond acceptors (Lipinski definition) is 3. The monoisotopic (exact) mass is 524 g/mol. The summed E-state index contributed by atoms with van der Waals surface area (Å²) in [7, 11) is 0. The molecular weight excluding hydrogens is 500 g/mol. The number of rotatable bonds is 4. The first-order chi connectivity index (χ1) is 20.3. The Morgan fingerprint density at radius 1 is 0.366 bits per heavy atom. The van der Waals surface area contributed by atoms with E-state index in [2.05, 4.69) is 103 Å². The smallest absolute Gasteiger partial charge is 0.160 e. The summed E-state index contributed by atoms with van der Waals surface area (Å²) in [6.07, 6.45) is 0. The van der Waals surface area contributed by atoms with E-state index in [9.17, 15) is 0 Å². The van der Waals surface area contributed by atoms with Gasteiger partial charge in [-0.15, -0.1) is 0 Å². The molecule has 0 amide bonds. The van der Waals surface area contributed by atoms with Gasteiger partial charge in [0.15, 0.2) is 5.82 Å². The molecule has 8 aromatic rings. The molecule has 0 N–H and O–H groups in total. The topological polar surface area (TPSA) is 38.9 Å². The molecule has 0 fully saturated rings. The van der Waals surface area contributed by atoms with Crippen LogP contribution in [0, 0.1) is 0 Å². The van der Waals surface area contributed by atoms with Gasteiger partial charge in [0.25, 0.3) is 0 Å². The second-order valence-corrected chi connectivity index (χ2v) is 10.3. The number of hydrogen-bond donors (Lipinski definition) is 0. The lowest BCUT2D eigenvalue weighted by molar-refractivity contribution is 0.669. The number of furan rings is 1. The summed E-state index contributed by atoms with van der Waals surface area (Å²) in [6, 6.07) is 50.4. The van der Waals surface area contributed by atoms with Crippen molar-refractivity contribution in [1.29, 1.82) is 0 Å². The van der Waals surface area contributed by atoms with Crippen molar-refractivity contribution in [1.82, 2.24) is 9.97 Å². The maximum atomic E-state index is 6.07. The Labute approximate surface area is 237 Å². The first-order valence-electron chi connectivity index (χ1n) is 13.7. The number of para-hydroxylation sites is 1. The molecule has 2 aromatic heterocycles. The average Bonchev–Trinajstić information content (AvgIpc) is 3.43. The molecule has 0 saturated heterocycles. The van der Waals surface area contributed by atoms with Gasteiger partial charge in [0, 0.05) is 27.5 Å². The molecule has 2 heterocycles. The van der Waals surface area contributed by atoms with Crippen LogP contribution in [-0.2, 0) is 0 Å². The van der Waals surface area contributed by atoms with Gasteiger partial charge in [-0.2, -0.15) is 0 Å². The van der Waals surface area contributed by atoms with Crippen LogP contribution in [-0.4, -0.2) is 9.97 Å². The second kappa shape index (κ2) is 9.58. The third kappa shape index (κ3) is 4.25. The van der Waals surface area contributed by atoms with Crippen LogP contribution in [0.2, 0.25) is 0 Å². The van der Waals surface area contributed by atoms with Crippen LogP contribution in [0.1, 0.15) is 0 Å². The predicted molar refractivity (Wildman–Crippen MR) is 169 cm³/mol. The van der Waals surface area contributed by atoms with Gasteiger partial charge in [0.05, 0.1) is 11.4 Å². The maximum absolute atomic E-state index is 6.07. The molecular formula is C38H24N2O. The lowest BCUT2D eigenvalue weighted by atomic mass is 9.99. The van der Waals surface area contributed by atoms with Crippen LogP contribution in [0.25, 0.3) is 77.7 Å². The highest BCUT2D eigenvalue weighted by Gasteiger charge is 2.13. The molecule has 0 unspecified atom stereocenters. The standard InChI is InChI=1S/C38H24N2O/c1-2-9-28(10-3-1)38-39-34(27-17-14-26(15-18-27)30-19-16-25-8-4-5-11-29(25)22-30)24-35(40-38)31-20-21-37-33(23-31)32-12-6-7-13-36(32)41-37/h1-24H. The van der Waals surface area contributed by atoms with Crippen molar-refractivity contribution in [3.05, 3.63) is 146 Å². The molecule has 0 saturated carbocycles. The molecule has 0 aliphatic rings. The van der Waals surface area contributed by atoms with E-state index >= 15 is 0 Å². The summed E-state index contributed by atoms with van der Waals surface area (Å²) in [4.78, 5) is 10.0. The van der Waals surface area contributed by atoms with E-state index in [4.69, 9.17) is 14.4 Å². The highest BCUT2D eigenvalue weighted by Crippen LogP contribution is 2.34. The van der Waals surface area contributed by atoms with E-state index in [1.165, 1.54) is 21.9 Å². The summed E-state index contributed by atoms with van der Waals surface area (Å²) in [6.45, 7) is 0. The van der Waals surface area contributed by atoms with E-state index in [1.807, 2.05) is 42.5 Å². The van der Waals surface area contributed by atoms with Crippen molar-refractivity contribution >= 4 is 32.7 Å². The van der Waals surface area contributed by atoms with Gasteiger partial charge in [0.2, 0.25) is 0 Å². The summed E-state index contributed by atoms with van der Waals surface area (Å²) in [5.74, 6) is 0.703. The van der Waals surface area contributed by atoms with Gasteiger partial charge in [-0.05, 0) is 58.3 Å². The highest BCUT2D eigenvalue weighted by molar-refractivity contribution is 6.06. The van der Waals surface area contributed by atoms with Crippen LogP contribution in [0.5, 0.6) is 0 Å². The largest absolute Gasteiger partial charge is 0.456 e. The summed E-state index contributed by atoms with van der Waals surface area (Å²) < 4.78 is 6.07. The number of nitrogens with zero attached hydrogens (tertiary/aromatic N) is 2. The quantitative estimate of drug-likeness (QED) is 0.230. The van der Waals surface area contributed by atoms with E-state index in [-0.39, 0.29) is 0 Å². The summed E-state index contributed by atoms with van der Waals surface area (Å²) in [5, 5.41) is 4.67. The lowest BCUT2D eigenvalue weighted by Gasteiger charge is -2.10. The maximum Gasteiger partial charge on any atom is 0.160 e. The summed E-state index contributed by atoms with van der Waals surface area (Å²) in [5.41, 5.74) is 8.95. The zero-order chi connectivity index (χ0) is 27.2. The number of aromatic nitrogens is 2. The van der Waals surface area contributed by atoms with Crippen LogP contribution in [0.3, 0.4) is 0 Å². The minimum Gasteiger partial charge on any atom is -0.456 e. The van der Waals surface area contributed by atoms with E-state index in [1.54, 1.807) is 0 Å². The fourth-order valence-corrected chi connectivity index (χ4v) is 5.55. The van der Waals surface area contributed by atoms with Crippen molar-refractivity contribution in [2.45, 2.75) is 0 Å². The van der Waals surface area contributed by atoms with Crippen molar-refractivity contribution in [2.24, 2.45) is 0 Å². The van der Waals surface area contributed by atoms with Gasteiger partial charge in [-0.25, -0.2) is 9.97 Å². The molecule has 0 spiro atoms. The predicted octanol–water partition coefficient (Wildman–Crippen LogP) is 10.2. The molecule has 0 radical (unpaired) electrons. The molecule has 0 aliphatic heterocycles. The van der Waals surface area contributed by atoms with Crippen LogP contribution in [0.4, 0.5) is 0 Å². The molecule has 3 nitrogen and oxygen atoms in total. The SMILES string of the molecule is c1ccc(-c2nc(-c3ccc(-c4ccc5ccccc5c4)cc3)cc(-c3ccc4oc5ccccc5c4c3)n2)cc1. The van der Waals surface area contributed by atoms with E-state index < -0.39 is 0 Å². The molecule has 0 bridgehead atoms. The van der Waals surface area contributed by atoms with Crippen LogP contribution >= 0.6 is 0 Å². The molecule has 0 atom stereocenters. The Balaban J connectivity index is 1.24. The Morgan fingerprint density at radius 2 is 1.00 bits per heavy atom. The minimum atomic E-state index is 0.703. The Hall–Kier alpha value is -5.54. The zero-order valence-electron chi connectivity index (χ0n) is 22.2. The van der Waals surface area contributed by atoms with Gasteiger partial charge < -0.3 is 4.42 Å². The van der Waals surface area contributed by atoms with E-state index in [0.717, 1.165) is 50.0 Å². The van der Waals surface area contributed by atoms with Gasteiger partial charge in [0.1, 0.15) is 11.2 Å². The van der Waals surface area contributed by atoms with Crippen molar-refractivity contribution < 1.29 is 4.42 Å². The van der Waals surface area contributed by atoms with Crippen molar-refractivity contribution in [3.8, 4) is 45.0 Å². The normalized spacial score (nSPS) is 11.4. The fraction of sp³-hybridized carbons (Fsp3) is 0. The Morgan fingerprint density at radius 3 is 1.85 bits per heavy atom. The molecule has 192 valence electrons. The first kappa shape index (κ1) is 23.4. The lowest BCUT2D eigenvalue weighted by Crippen LogP contribution is -1.96. The molecule has 3 heteroatoms. The Kier molecular flexibility index (Phi) is 5.46. The van der Waals surface area contributed by atoms with Gasteiger partial charge in [-0.1, -0.05) is 109 Å². The fourth-order valence-electron chi connectivity index (χ4n) is 5.55. The minimum absolute atomic E-state index is 0.703. The summed E-state index contributed by atoms with van der Waals surface area (Å²) >= 11 is 0. The third-order valence-electron chi connectivity index (χ3n) is 7.69. The number of benzene rings is 6. The molecule has 41 heavy (non-hydrogen) atoms. The van der Waals surface area contributed by atoms with Crippen molar-refractivity contribution in [3.63, 3.8) is 0 Å². The van der Waals surface area contributed by atoms with Gasteiger partial charge >= 0.3 is 0 Å². The first-order valence-corrected chi connectivity index (χ1v) is 13.7. The highest BCUT2D eigenvalue weighted by atomic mass is 16.3. The van der Waals surface area contributed by atoms with Crippen LogP contribution < -0.4 is 0 Å². The molecule has 0 aliphatic carbocycles. The number of fused-ring (bicyclic) bond motifs is 4. The molecule has 8 rings (SSSR count). The van der Waals surface area contributed by atoms with E-state index in [0.29, 0.717) is 5.82 Å². The molecule has 6 aromatic carbocycles. The third-order valence-corrected chi connectivity index (χ3v) is 7.69. The van der Waals surface area contributed by atoms with Crippen molar-refractivity contribution in [2.75, 3.05) is 0 Å². The van der Waals surface area contributed by atoms with Gasteiger partial charge in [-0.3, -0.25) is 0 Å². The Bertz CT molecular complexity index is 2200. The van der Waals surface area contributed by atoms with Crippen LogP contribution in [0.15, 0.2) is 150 Å². The zero-order valence-corrected chi connectivity index (χ0v) is 22.2. The average molecular weight is 525 g/mol. The second-order valence-electron chi connectivity index (χ2n) is 10.3.